The Morgan fingerprint density at radius 1 is 1.22 bits per heavy atom. The zero-order valence-electron chi connectivity index (χ0n) is 14.0. The Kier molecular flexibility index (Phi) is 4.79. The van der Waals surface area contributed by atoms with Crippen molar-refractivity contribution in [1.82, 2.24) is 4.90 Å². The van der Waals surface area contributed by atoms with Crippen molar-refractivity contribution in [3.05, 3.63) is 70.0 Å². The standard InChI is InChI=1S/C19H13BrN2O3S2/c1-2-7-21-14-6-5-11(20)9-13(14)15(17(21)23)16-18(24)22(19(26)27-16)10-12-4-3-8-25-12/h2-6,8-9H,1,7,10H2/b16-15+. The molecular weight excluding hydrogens is 448 g/mol. The van der Waals surface area contributed by atoms with E-state index in [0.717, 1.165) is 27.5 Å². The van der Waals surface area contributed by atoms with E-state index < -0.39 is 0 Å². The monoisotopic (exact) mass is 460 g/mol. The minimum absolute atomic E-state index is 0.221. The van der Waals surface area contributed by atoms with Gasteiger partial charge < -0.3 is 9.32 Å². The summed E-state index contributed by atoms with van der Waals surface area (Å²) in [6, 6.07) is 9.12. The Balaban J connectivity index is 1.79. The third-order valence-corrected chi connectivity index (χ3v) is 6.20. The van der Waals surface area contributed by atoms with Crippen molar-refractivity contribution in [1.29, 1.82) is 0 Å². The van der Waals surface area contributed by atoms with Crippen LogP contribution in [0.3, 0.4) is 0 Å². The van der Waals surface area contributed by atoms with E-state index in [1.165, 1.54) is 4.90 Å². The molecule has 0 aliphatic carbocycles. The second-order valence-corrected chi connectivity index (χ2v) is 8.47. The molecular formula is C19H13BrN2O3S2. The van der Waals surface area contributed by atoms with Crippen molar-refractivity contribution in [3.63, 3.8) is 0 Å². The van der Waals surface area contributed by atoms with Gasteiger partial charge in [-0.15, -0.1) is 6.58 Å². The Morgan fingerprint density at radius 3 is 2.74 bits per heavy atom. The summed E-state index contributed by atoms with van der Waals surface area (Å²) in [5.74, 6) is 0.129. The van der Waals surface area contributed by atoms with E-state index in [-0.39, 0.29) is 18.4 Å². The second kappa shape index (κ2) is 7.10. The van der Waals surface area contributed by atoms with Gasteiger partial charge in [0.25, 0.3) is 11.8 Å². The highest BCUT2D eigenvalue weighted by atomic mass is 79.9. The zero-order chi connectivity index (χ0) is 19.1. The smallest absolute Gasteiger partial charge is 0.267 e. The largest absolute Gasteiger partial charge is 0.467 e. The van der Waals surface area contributed by atoms with Crippen LogP contribution in [0.5, 0.6) is 0 Å². The van der Waals surface area contributed by atoms with Crippen molar-refractivity contribution in [2.75, 3.05) is 11.4 Å². The maximum Gasteiger partial charge on any atom is 0.267 e. The number of amides is 2. The average Bonchev–Trinajstić information content (AvgIpc) is 3.31. The molecule has 1 fully saturated rings. The molecule has 0 bridgehead atoms. The van der Waals surface area contributed by atoms with Gasteiger partial charge in [-0.05, 0) is 30.3 Å². The molecule has 2 aliphatic heterocycles. The fourth-order valence-corrected chi connectivity index (χ4v) is 4.77. The molecule has 27 heavy (non-hydrogen) atoms. The van der Waals surface area contributed by atoms with Gasteiger partial charge in [0.1, 0.15) is 10.1 Å². The second-order valence-electron chi connectivity index (χ2n) is 5.91. The lowest BCUT2D eigenvalue weighted by Crippen LogP contribution is -2.29. The van der Waals surface area contributed by atoms with E-state index in [1.54, 1.807) is 29.4 Å². The normalized spacial score (nSPS) is 19.2. The van der Waals surface area contributed by atoms with E-state index in [4.69, 9.17) is 16.6 Å². The summed E-state index contributed by atoms with van der Waals surface area (Å²) in [5.41, 5.74) is 1.86. The molecule has 0 unspecified atom stereocenters. The molecule has 4 rings (SSSR count). The number of furan rings is 1. The lowest BCUT2D eigenvalue weighted by atomic mass is 10.1. The van der Waals surface area contributed by atoms with Gasteiger partial charge in [-0.3, -0.25) is 14.5 Å². The first-order chi connectivity index (χ1) is 13.0. The minimum atomic E-state index is -0.281. The average molecular weight is 461 g/mol. The van der Waals surface area contributed by atoms with Crippen molar-refractivity contribution < 1.29 is 14.0 Å². The summed E-state index contributed by atoms with van der Waals surface area (Å²) in [7, 11) is 0. The van der Waals surface area contributed by atoms with Crippen molar-refractivity contribution in [2.45, 2.75) is 6.54 Å². The fraction of sp³-hybridized carbons (Fsp3) is 0.105. The van der Waals surface area contributed by atoms with Crippen LogP contribution in [0, 0.1) is 0 Å². The highest BCUT2D eigenvalue weighted by molar-refractivity contribution is 9.10. The van der Waals surface area contributed by atoms with Crippen LogP contribution >= 0.6 is 39.9 Å². The maximum absolute atomic E-state index is 13.1. The van der Waals surface area contributed by atoms with Crippen LogP contribution in [0.4, 0.5) is 5.69 Å². The van der Waals surface area contributed by atoms with E-state index in [1.807, 2.05) is 18.2 Å². The van der Waals surface area contributed by atoms with Crippen LogP contribution in [0.25, 0.3) is 5.57 Å². The number of thioether (sulfide) groups is 1. The van der Waals surface area contributed by atoms with Crippen molar-refractivity contribution in [2.24, 2.45) is 0 Å². The van der Waals surface area contributed by atoms with Crippen LogP contribution in [0.1, 0.15) is 11.3 Å². The molecule has 0 N–H and O–H groups in total. The lowest BCUT2D eigenvalue weighted by molar-refractivity contribution is -0.123. The first-order valence-corrected chi connectivity index (χ1v) is 10.1. The SMILES string of the molecule is C=CCN1C(=O)/C(=C2/SC(=S)N(Cc3ccco3)C2=O)c2cc(Br)ccc21. The number of nitrogens with zero attached hydrogens (tertiary/aromatic N) is 2. The third kappa shape index (κ3) is 3.07. The predicted molar refractivity (Wildman–Crippen MR) is 113 cm³/mol. The highest BCUT2D eigenvalue weighted by Gasteiger charge is 2.42. The number of thiocarbonyl (C=S) groups is 1. The number of halogens is 1. The Hall–Kier alpha value is -2.16. The fourth-order valence-electron chi connectivity index (χ4n) is 3.08. The molecule has 136 valence electrons. The van der Waals surface area contributed by atoms with Gasteiger partial charge in [-0.2, -0.15) is 0 Å². The summed E-state index contributed by atoms with van der Waals surface area (Å²) in [5, 5.41) is 0. The van der Waals surface area contributed by atoms with Crippen LogP contribution in [0.15, 0.2) is 63.0 Å². The van der Waals surface area contributed by atoms with Crippen LogP contribution in [-0.2, 0) is 16.1 Å². The molecule has 2 amide bonds. The zero-order valence-corrected chi connectivity index (χ0v) is 17.2. The molecule has 8 heteroatoms. The molecule has 0 atom stereocenters. The van der Waals surface area contributed by atoms with Gasteiger partial charge in [-0.1, -0.05) is 46.0 Å². The molecule has 3 heterocycles. The molecule has 1 aromatic heterocycles. The quantitative estimate of drug-likeness (QED) is 0.385. The molecule has 0 saturated carbocycles. The molecule has 5 nitrogen and oxygen atoms in total. The Bertz CT molecular complexity index is 1010. The molecule has 2 aliphatic rings. The van der Waals surface area contributed by atoms with Crippen LogP contribution < -0.4 is 4.90 Å². The molecule has 1 saturated heterocycles. The Labute approximate surface area is 173 Å². The van der Waals surface area contributed by atoms with Gasteiger partial charge in [0, 0.05) is 16.6 Å². The number of fused-ring (bicyclic) bond motifs is 1. The minimum Gasteiger partial charge on any atom is -0.467 e. The topological polar surface area (TPSA) is 53.8 Å². The first kappa shape index (κ1) is 18.2. The number of benzene rings is 1. The van der Waals surface area contributed by atoms with Gasteiger partial charge in [0.15, 0.2) is 0 Å². The lowest BCUT2D eigenvalue weighted by Gasteiger charge is -2.14. The summed E-state index contributed by atoms with van der Waals surface area (Å²) in [6.07, 6.45) is 3.21. The van der Waals surface area contributed by atoms with Crippen LogP contribution in [0.2, 0.25) is 0 Å². The van der Waals surface area contributed by atoms with Gasteiger partial charge in [-0.25, -0.2) is 0 Å². The number of carbonyl (C=O) groups is 2. The number of hydrogen-bond acceptors (Lipinski definition) is 5. The predicted octanol–water partition coefficient (Wildman–Crippen LogP) is 4.35. The highest BCUT2D eigenvalue weighted by Crippen LogP contribution is 2.45. The third-order valence-electron chi connectivity index (χ3n) is 4.26. The number of hydrogen-bond donors (Lipinski definition) is 0. The van der Waals surface area contributed by atoms with Crippen LogP contribution in [-0.4, -0.2) is 27.6 Å². The van der Waals surface area contributed by atoms with Crippen molar-refractivity contribution in [3.8, 4) is 0 Å². The number of carbonyl (C=O) groups excluding carboxylic acids is 2. The number of anilines is 1. The summed E-state index contributed by atoms with van der Waals surface area (Å²) in [6.45, 7) is 4.33. The van der Waals surface area contributed by atoms with Gasteiger partial charge in [0.2, 0.25) is 0 Å². The van der Waals surface area contributed by atoms with E-state index in [0.29, 0.717) is 27.1 Å². The molecule has 2 aromatic rings. The van der Waals surface area contributed by atoms with E-state index in [2.05, 4.69) is 22.5 Å². The molecule has 0 radical (unpaired) electrons. The molecule has 1 aromatic carbocycles. The summed E-state index contributed by atoms with van der Waals surface area (Å²) < 4.78 is 6.56. The van der Waals surface area contributed by atoms with E-state index >= 15 is 0 Å². The van der Waals surface area contributed by atoms with Gasteiger partial charge >= 0.3 is 0 Å². The summed E-state index contributed by atoms with van der Waals surface area (Å²) >= 11 is 9.99. The molecule has 0 spiro atoms. The Morgan fingerprint density at radius 2 is 2.04 bits per heavy atom. The van der Waals surface area contributed by atoms with Gasteiger partial charge in [0.05, 0.1) is 29.0 Å². The number of rotatable bonds is 4. The maximum atomic E-state index is 13.1. The van der Waals surface area contributed by atoms with E-state index in [9.17, 15) is 9.59 Å². The summed E-state index contributed by atoms with van der Waals surface area (Å²) in [4.78, 5) is 29.6. The first-order valence-electron chi connectivity index (χ1n) is 8.04. The van der Waals surface area contributed by atoms with Crippen molar-refractivity contribution >= 4 is 67.3 Å².